The van der Waals surface area contributed by atoms with Crippen LogP contribution in [0.1, 0.15) is 45.4 Å². The van der Waals surface area contributed by atoms with E-state index in [1.165, 1.54) is 0 Å². The van der Waals surface area contributed by atoms with E-state index in [4.69, 9.17) is 0 Å². The van der Waals surface area contributed by atoms with E-state index in [1.807, 2.05) is 6.08 Å². The zero-order valence-corrected chi connectivity index (χ0v) is 13.9. The zero-order valence-electron chi connectivity index (χ0n) is 13.9. The quantitative estimate of drug-likeness (QED) is 0.654. The van der Waals surface area contributed by atoms with Gasteiger partial charge < -0.3 is 15.3 Å². The highest BCUT2D eigenvalue weighted by atomic mass is 16.3. The number of rotatable bonds is 6. The Morgan fingerprint density at radius 1 is 1.39 bits per heavy atom. The maximum absolute atomic E-state index is 12.8. The minimum Gasteiger partial charge on any atom is -0.396 e. The van der Waals surface area contributed by atoms with Crippen LogP contribution in [-0.2, 0) is 4.79 Å². The minimum absolute atomic E-state index is 0.00784. The van der Waals surface area contributed by atoms with Gasteiger partial charge in [0.2, 0.25) is 0 Å². The molecule has 4 nitrogen and oxygen atoms in total. The summed E-state index contributed by atoms with van der Waals surface area (Å²) in [6, 6.07) is 0. The lowest BCUT2D eigenvalue weighted by atomic mass is 9.35. The molecule has 1 spiro atoms. The maximum atomic E-state index is 12.8. The van der Waals surface area contributed by atoms with E-state index in [1.54, 1.807) is 0 Å². The molecule has 2 unspecified atom stereocenters. The fourth-order valence-electron chi connectivity index (χ4n) is 5.68. The van der Waals surface area contributed by atoms with E-state index in [2.05, 4.69) is 13.5 Å². The van der Waals surface area contributed by atoms with Crippen molar-refractivity contribution in [3.63, 3.8) is 0 Å². The van der Waals surface area contributed by atoms with Crippen LogP contribution in [0.15, 0.2) is 23.8 Å². The molecule has 4 heteroatoms. The number of ketones is 1. The number of aliphatic hydroxyl groups excluding tert-OH is 3. The summed E-state index contributed by atoms with van der Waals surface area (Å²) >= 11 is 0. The molecule has 2 saturated carbocycles. The Morgan fingerprint density at radius 2 is 2.13 bits per heavy atom. The third-order valence-corrected chi connectivity index (χ3v) is 6.71. The second-order valence-electron chi connectivity index (χ2n) is 7.68. The molecule has 0 aromatic carbocycles. The highest BCUT2D eigenvalue weighted by Gasteiger charge is 2.71. The number of fused-ring (bicyclic) bond motifs is 2. The van der Waals surface area contributed by atoms with Gasteiger partial charge in [0.15, 0.2) is 5.78 Å². The number of allylic oxidation sites excluding steroid dienone is 3. The predicted molar refractivity (Wildman–Crippen MR) is 87.6 cm³/mol. The van der Waals surface area contributed by atoms with Crippen LogP contribution in [-0.4, -0.2) is 40.4 Å². The van der Waals surface area contributed by atoms with Gasteiger partial charge in [-0.05, 0) is 31.6 Å². The van der Waals surface area contributed by atoms with Gasteiger partial charge in [-0.1, -0.05) is 38.0 Å². The van der Waals surface area contributed by atoms with Crippen LogP contribution in [0.2, 0.25) is 0 Å². The van der Waals surface area contributed by atoms with Crippen molar-refractivity contribution in [2.24, 2.45) is 22.7 Å². The van der Waals surface area contributed by atoms with E-state index in [-0.39, 0.29) is 30.8 Å². The number of carbonyl (C=O) groups excluding carboxylic acids is 1. The monoisotopic (exact) mass is 320 g/mol. The molecular formula is C19H28O4. The van der Waals surface area contributed by atoms with Crippen LogP contribution in [0.25, 0.3) is 0 Å². The van der Waals surface area contributed by atoms with Crippen LogP contribution < -0.4 is 0 Å². The van der Waals surface area contributed by atoms with E-state index < -0.39 is 16.9 Å². The van der Waals surface area contributed by atoms with Crippen LogP contribution in [0.3, 0.4) is 0 Å². The van der Waals surface area contributed by atoms with Gasteiger partial charge in [0.25, 0.3) is 0 Å². The SMILES string of the molecule is C=C1C=C2C[C@@]3(C1=O)C2[C@](CO)(CCCC)C(CCO)C[C@H]3O. The van der Waals surface area contributed by atoms with Crippen molar-refractivity contribution in [2.75, 3.05) is 13.2 Å². The summed E-state index contributed by atoms with van der Waals surface area (Å²) in [4.78, 5) is 12.8. The molecule has 0 aromatic rings. The molecule has 4 rings (SSSR count). The van der Waals surface area contributed by atoms with Gasteiger partial charge in [-0.15, -0.1) is 0 Å². The first-order chi connectivity index (χ1) is 11.0. The third-order valence-electron chi connectivity index (χ3n) is 6.71. The number of Topliss-reactive ketones (excluding diaryl/α,β-unsaturated/α-hetero) is 1. The first-order valence-corrected chi connectivity index (χ1v) is 8.82. The maximum Gasteiger partial charge on any atom is 0.171 e. The van der Waals surface area contributed by atoms with E-state index in [0.717, 1.165) is 24.8 Å². The van der Waals surface area contributed by atoms with Crippen LogP contribution in [0, 0.1) is 22.7 Å². The first-order valence-electron chi connectivity index (χ1n) is 8.82. The molecule has 4 aliphatic carbocycles. The highest BCUT2D eigenvalue weighted by molar-refractivity contribution is 6.06. The van der Waals surface area contributed by atoms with E-state index in [9.17, 15) is 20.1 Å². The van der Waals surface area contributed by atoms with Gasteiger partial charge in [0.1, 0.15) is 0 Å². The summed E-state index contributed by atoms with van der Waals surface area (Å²) in [6.45, 7) is 6.02. The molecule has 0 saturated heterocycles. The smallest absolute Gasteiger partial charge is 0.171 e. The summed E-state index contributed by atoms with van der Waals surface area (Å²) < 4.78 is 0. The van der Waals surface area contributed by atoms with Gasteiger partial charge >= 0.3 is 0 Å². The predicted octanol–water partition coefficient (Wildman–Crippen LogP) is 1.99. The average Bonchev–Trinajstić information content (AvgIpc) is 2.51. The second kappa shape index (κ2) is 5.83. The number of hydrogen-bond acceptors (Lipinski definition) is 4. The summed E-state index contributed by atoms with van der Waals surface area (Å²) in [5.74, 6) is -0.0911. The molecule has 4 aliphatic rings. The Morgan fingerprint density at radius 3 is 2.74 bits per heavy atom. The van der Waals surface area contributed by atoms with E-state index >= 15 is 0 Å². The second-order valence-corrected chi connectivity index (χ2v) is 7.68. The first kappa shape index (κ1) is 16.9. The zero-order chi connectivity index (χ0) is 16.8. The standard InChI is InChI=1S/C19H28O4/c1-3-4-6-18(11-21)14(5-7-20)9-15(22)19-10-13(16(18)19)8-12(2)17(19)23/h8,14-16,20-22H,2-7,9-11H2,1H3/t14?,15-,16?,18+,19+/m1/s1. The molecule has 3 N–H and O–H groups in total. The summed E-state index contributed by atoms with van der Waals surface area (Å²) in [5.41, 5.74) is 0.466. The van der Waals surface area contributed by atoms with Crippen LogP contribution in [0.5, 0.6) is 0 Å². The lowest BCUT2D eigenvalue weighted by Crippen LogP contribution is -2.69. The molecule has 0 heterocycles. The minimum atomic E-state index is -0.774. The van der Waals surface area contributed by atoms with Crippen molar-refractivity contribution in [3.8, 4) is 0 Å². The lowest BCUT2D eigenvalue weighted by Gasteiger charge is -2.67. The number of hydrogen-bond donors (Lipinski definition) is 3. The molecule has 23 heavy (non-hydrogen) atoms. The summed E-state index contributed by atoms with van der Waals surface area (Å²) in [7, 11) is 0. The lowest BCUT2D eigenvalue weighted by molar-refractivity contribution is -0.196. The fourth-order valence-corrected chi connectivity index (χ4v) is 5.68. The van der Waals surface area contributed by atoms with Gasteiger partial charge in [0, 0.05) is 30.1 Å². The van der Waals surface area contributed by atoms with Gasteiger partial charge in [-0.2, -0.15) is 0 Å². The molecule has 2 bridgehead atoms. The van der Waals surface area contributed by atoms with Gasteiger partial charge in [-0.3, -0.25) is 4.79 Å². The van der Waals surface area contributed by atoms with Crippen LogP contribution >= 0.6 is 0 Å². The molecule has 2 fully saturated rings. The largest absolute Gasteiger partial charge is 0.396 e. The Bertz CT molecular complexity index is 552. The van der Waals surface area contributed by atoms with Gasteiger partial charge in [-0.25, -0.2) is 0 Å². The van der Waals surface area contributed by atoms with Crippen molar-refractivity contribution in [2.45, 2.75) is 51.6 Å². The number of aliphatic hydroxyl groups is 3. The highest BCUT2D eigenvalue weighted by Crippen LogP contribution is 2.71. The molecule has 0 aliphatic heterocycles. The Balaban J connectivity index is 2.08. The topological polar surface area (TPSA) is 77.8 Å². The molecule has 0 radical (unpaired) electrons. The fraction of sp³-hybridized carbons (Fsp3) is 0.737. The summed E-state index contributed by atoms with van der Waals surface area (Å²) in [5, 5.41) is 30.6. The molecule has 0 aromatic heterocycles. The third kappa shape index (κ3) is 2.04. The molecular weight excluding hydrogens is 292 g/mol. The Hall–Kier alpha value is -0.970. The Labute approximate surface area is 137 Å². The molecule has 0 amide bonds. The molecule has 128 valence electrons. The Kier molecular flexibility index (Phi) is 4.28. The number of carbonyl (C=O) groups is 1. The van der Waals surface area contributed by atoms with E-state index in [0.29, 0.717) is 24.8 Å². The van der Waals surface area contributed by atoms with Crippen molar-refractivity contribution >= 4 is 5.78 Å². The van der Waals surface area contributed by atoms with Crippen molar-refractivity contribution < 1.29 is 20.1 Å². The van der Waals surface area contributed by atoms with Crippen molar-refractivity contribution in [3.05, 3.63) is 23.8 Å². The van der Waals surface area contributed by atoms with Crippen molar-refractivity contribution in [1.29, 1.82) is 0 Å². The molecule has 5 atom stereocenters. The van der Waals surface area contributed by atoms with Gasteiger partial charge in [0.05, 0.1) is 11.5 Å². The average molecular weight is 320 g/mol. The van der Waals surface area contributed by atoms with Crippen molar-refractivity contribution in [1.82, 2.24) is 0 Å². The number of unbranched alkanes of at least 4 members (excludes halogenated alkanes) is 1. The summed E-state index contributed by atoms with van der Waals surface area (Å²) in [6.07, 6.45) is 5.66. The normalized spacial score (nSPS) is 42.1. The van der Waals surface area contributed by atoms with Crippen LogP contribution in [0.4, 0.5) is 0 Å².